The molecule has 0 aromatic rings. The van der Waals surface area contributed by atoms with Gasteiger partial charge in [0.05, 0.1) is 0 Å². The molecule has 0 bridgehead atoms. The van der Waals surface area contributed by atoms with Crippen molar-refractivity contribution in [2.24, 2.45) is 29.1 Å². The van der Waals surface area contributed by atoms with Gasteiger partial charge in [-0.05, 0) is 35.5 Å². The van der Waals surface area contributed by atoms with Crippen molar-refractivity contribution in [2.75, 3.05) is 0 Å². The predicted octanol–water partition coefficient (Wildman–Crippen LogP) is 2.85. The van der Waals surface area contributed by atoms with Gasteiger partial charge in [0.25, 0.3) is 0 Å². The first-order valence-electron chi connectivity index (χ1n) is 4.84. The molecule has 0 aromatic heterocycles. The molecule has 0 aromatic carbocycles. The Morgan fingerprint density at radius 2 is 2.09 bits per heavy atom. The summed E-state index contributed by atoms with van der Waals surface area (Å²) in [5.41, 5.74) is 2.49. The Morgan fingerprint density at radius 1 is 1.45 bits per heavy atom. The van der Waals surface area contributed by atoms with E-state index in [-0.39, 0.29) is 0 Å². The lowest BCUT2D eigenvalue weighted by atomic mass is 9.93. The fraction of sp³-hybridized carbons (Fsp3) is 0.818. The van der Waals surface area contributed by atoms with Crippen molar-refractivity contribution in [3.63, 3.8) is 0 Å². The third kappa shape index (κ3) is 0.579. The van der Waals surface area contributed by atoms with Gasteiger partial charge in [-0.2, -0.15) is 0 Å². The van der Waals surface area contributed by atoms with E-state index in [1.165, 1.54) is 6.42 Å². The fourth-order valence-electron chi connectivity index (χ4n) is 2.96. The van der Waals surface area contributed by atoms with Crippen LogP contribution in [0, 0.1) is 29.1 Å². The highest BCUT2D eigenvalue weighted by molar-refractivity contribution is 5.42. The molecule has 0 spiro atoms. The lowest BCUT2D eigenvalue weighted by Gasteiger charge is -2.12. The molecule has 0 N–H and O–H groups in total. The molecule has 0 amide bonds. The van der Waals surface area contributed by atoms with E-state index in [9.17, 15) is 0 Å². The number of fused-ring (bicyclic) bond motifs is 1. The summed E-state index contributed by atoms with van der Waals surface area (Å²) in [6.07, 6.45) is 4.03. The molecule has 2 fully saturated rings. The summed E-state index contributed by atoms with van der Waals surface area (Å²) in [7, 11) is 0. The molecule has 2 saturated carbocycles. The molecule has 3 aliphatic carbocycles. The second kappa shape index (κ2) is 1.44. The van der Waals surface area contributed by atoms with E-state index in [0.717, 1.165) is 23.7 Å². The molecule has 0 saturated heterocycles. The zero-order chi connectivity index (χ0) is 7.80. The summed E-state index contributed by atoms with van der Waals surface area (Å²) < 4.78 is 0. The van der Waals surface area contributed by atoms with E-state index in [4.69, 9.17) is 0 Å². The van der Waals surface area contributed by atoms with Crippen molar-refractivity contribution in [3.8, 4) is 0 Å². The first-order chi connectivity index (χ1) is 5.12. The van der Waals surface area contributed by atoms with Crippen LogP contribution >= 0.6 is 0 Å². The smallest absolute Gasteiger partial charge is 0.00746 e. The van der Waals surface area contributed by atoms with Crippen LogP contribution in [0.2, 0.25) is 0 Å². The van der Waals surface area contributed by atoms with E-state index in [2.05, 4.69) is 26.8 Å². The van der Waals surface area contributed by atoms with Crippen molar-refractivity contribution < 1.29 is 0 Å². The molecular formula is C11H16. The van der Waals surface area contributed by atoms with Crippen LogP contribution in [-0.2, 0) is 0 Å². The monoisotopic (exact) mass is 148 g/mol. The minimum Gasteiger partial charge on any atom is -0.0804 e. The largest absolute Gasteiger partial charge is 0.0804 e. The van der Waals surface area contributed by atoms with Gasteiger partial charge in [0.15, 0.2) is 0 Å². The second-order valence-electron chi connectivity index (χ2n) is 5.31. The fourth-order valence-corrected chi connectivity index (χ4v) is 2.96. The maximum atomic E-state index is 2.55. The van der Waals surface area contributed by atoms with E-state index >= 15 is 0 Å². The van der Waals surface area contributed by atoms with Crippen molar-refractivity contribution >= 4 is 0 Å². The molecule has 3 aliphatic rings. The van der Waals surface area contributed by atoms with Crippen molar-refractivity contribution in [3.05, 3.63) is 11.6 Å². The molecule has 0 heterocycles. The van der Waals surface area contributed by atoms with Crippen LogP contribution in [-0.4, -0.2) is 0 Å². The average Bonchev–Trinajstić information content (AvgIpc) is 2.50. The molecule has 3 rings (SSSR count). The normalized spacial score (nSPS) is 55.7. The molecule has 4 unspecified atom stereocenters. The summed E-state index contributed by atoms with van der Waals surface area (Å²) in [5, 5.41) is 0. The van der Waals surface area contributed by atoms with E-state index in [1.807, 2.05) is 5.57 Å². The Bertz CT molecular complexity index is 247. The Kier molecular flexibility index (Phi) is 0.821. The van der Waals surface area contributed by atoms with Gasteiger partial charge in [0.2, 0.25) is 0 Å². The Labute approximate surface area is 68.7 Å². The number of rotatable bonds is 1. The Hall–Kier alpha value is -0.260. The quantitative estimate of drug-likeness (QED) is 0.502. The van der Waals surface area contributed by atoms with Crippen molar-refractivity contribution in [1.29, 1.82) is 0 Å². The maximum absolute atomic E-state index is 2.55. The summed E-state index contributed by atoms with van der Waals surface area (Å²) in [6, 6.07) is 0. The van der Waals surface area contributed by atoms with Gasteiger partial charge in [-0.15, -0.1) is 0 Å². The van der Waals surface area contributed by atoms with Gasteiger partial charge in [-0.25, -0.2) is 0 Å². The summed E-state index contributed by atoms with van der Waals surface area (Å²) in [6.45, 7) is 7.21. The highest BCUT2D eigenvalue weighted by Crippen LogP contribution is 2.73. The van der Waals surface area contributed by atoms with Crippen molar-refractivity contribution in [2.45, 2.75) is 27.2 Å². The first kappa shape index (κ1) is 6.28. The SMILES string of the molecule is CC1CC1C1=CC2C1C2(C)C. The lowest BCUT2D eigenvalue weighted by Crippen LogP contribution is -2.01. The topological polar surface area (TPSA) is 0 Å². The van der Waals surface area contributed by atoms with Crippen molar-refractivity contribution in [1.82, 2.24) is 0 Å². The van der Waals surface area contributed by atoms with Gasteiger partial charge in [-0.3, -0.25) is 0 Å². The van der Waals surface area contributed by atoms with Crippen LogP contribution in [0.15, 0.2) is 11.6 Å². The maximum Gasteiger partial charge on any atom is -0.00746 e. The molecule has 11 heavy (non-hydrogen) atoms. The molecule has 60 valence electrons. The number of hydrogen-bond donors (Lipinski definition) is 0. The van der Waals surface area contributed by atoms with Crippen LogP contribution in [0.4, 0.5) is 0 Å². The van der Waals surface area contributed by atoms with Gasteiger partial charge in [-0.1, -0.05) is 32.4 Å². The van der Waals surface area contributed by atoms with Crippen LogP contribution in [0.3, 0.4) is 0 Å². The van der Waals surface area contributed by atoms with Crippen LogP contribution in [0.1, 0.15) is 27.2 Å². The molecule has 4 atom stereocenters. The van der Waals surface area contributed by atoms with Crippen LogP contribution in [0.5, 0.6) is 0 Å². The van der Waals surface area contributed by atoms with Crippen LogP contribution in [0.25, 0.3) is 0 Å². The summed E-state index contributed by atoms with van der Waals surface area (Å²) in [5.74, 6) is 4.01. The van der Waals surface area contributed by atoms with E-state index in [1.54, 1.807) is 0 Å². The standard InChI is InChI=1S/C11H16/c1-6-4-7(6)8-5-9-10(8)11(9,2)3/h5-7,9-10H,4H2,1-3H3. The van der Waals surface area contributed by atoms with Gasteiger partial charge >= 0.3 is 0 Å². The van der Waals surface area contributed by atoms with Gasteiger partial charge in [0.1, 0.15) is 0 Å². The Morgan fingerprint density at radius 3 is 2.36 bits per heavy atom. The molecular weight excluding hydrogens is 132 g/mol. The summed E-state index contributed by atoms with van der Waals surface area (Å²) >= 11 is 0. The average molecular weight is 148 g/mol. The van der Waals surface area contributed by atoms with Gasteiger partial charge < -0.3 is 0 Å². The summed E-state index contributed by atoms with van der Waals surface area (Å²) in [4.78, 5) is 0. The van der Waals surface area contributed by atoms with E-state index < -0.39 is 0 Å². The minimum atomic E-state index is 0.664. The zero-order valence-electron chi connectivity index (χ0n) is 7.59. The third-order valence-corrected chi connectivity index (χ3v) is 4.18. The molecule has 0 aliphatic heterocycles. The predicted molar refractivity (Wildman–Crippen MR) is 46.1 cm³/mol. The number of allylic oxidation sites excluding steroid dienone is 2. The highest BCUT2D eigenvalue weighted by Gasteiger charge is 2.66. The molecule has 0 radical (unpaired) electrons. The number of hydrogen-bond acceptors (Lipinski definition) is 0. The third-order valence-electron chi connectivity index (χ3n) is 4.18. The molecule has 0 heteroatoms. The van der Waals surface area contributed by atoms with Crippen LogP contribution < -0.4 is 0 Å². The minimum absolute atomic E-state index is 0.664. The second-order valence-corrected chi connectivity index (χ2v) is 5.31. The zero-order valence-corrected chi connectivity index (χ0v) is 7.59. The first-order valence-corrected chi connectivity index (χ1v) is 4.84. The van der Waals surface area contributed by atoms with Gasteiger partial charge in [0, 0.05) is 0 Å². The molecule has 0 nitrogen and oxygen atoms in total. The Balaban J connectivity index is 1.78. The van der Waals surface area contributed by atoms with E-state index in [0.29, 0.717) is 5.41 Å². The highest BCUT2D eigenvalue weighted by atomic mass is 14.7. The lowest BCUT2D eigenvalue weighted by molar-refractivity contribution is 0.586.